The quantitative estimate of drug-likeness (QED) is 0.866. The van der Waals surface area contributed by atoms with Crippen LogP contribution in [0.25, 0.3) is 6.08 Å². The van der Waals surface area contributed by atoms with Crippen LogP contribution in [0.4, 0.5) is 0 Å². The summed E-state index contributed by atoms with van der Waals surface area (Å²) < 4.78 is 26.1. The first-order valence-electron chi connectivity index (χ1n) is 5.89. The standard InChI is InChI=1S/C14H16N2O2S/c1-5-14-11(3)15-16(12(14)4)19(17,18)13-8-6-10(2)7-9-13/h5-9H,1H2,2-4H3. The molecule has 1 heterocycles. The van der Waals surface area contributed by atoms with Crippen LogP contribution in [-0.2, 0) is 10.0 Å². The molecule has 0 fully saturated rings. The average Bonchev–Trinajstić information content (AvgIpc) is 2.65. The van der Waals surface area contributed by atoms with Crippen molar-refractivity contribution in [3.05, 3.63) is 53.4 Å². The zero-order chi connectivity index (χ0) is 14.2. The van der Waals surface area contributed by atoms with Gasteiger partial charge in [0.05, 0.1) is 16.3 Å². The third-order valence-corrected chi connectivity index (χ3v) is 4.74. The first-order valence-corrected chi connectivity index (χ1v) is 7.33. The molecule has 0 atom stereocenters. The maximum absolute atomic E-state index is 12.5. The van der Waals surface area contributed by atoms with Crippen molar-refractivity contribution in [2.45, 2.75) is 25.7 Å². The molecular formula is C14H16N2O2S. The van der Waals surface area contributed by atoms with Crippen molar-refractivity contribution in [1.82, 2.24) is 9.19 Å². The minimum Gasteiger partial charge on any atom is -0.199 e. The highest BCUT2D eigenvalue weighted by Crippen LogP contribution is 2.20. The van der Waals surface area contributed by atoms with Gasteiger partial charge < -0.3 is 0 Å². The van der Waals surface area contributed by atoms with Crippen LogP contribution in [0.2, 0.25) is 0 Å². The minimum absolute atomic E-state index is 0.235. The van der Waals surface area contributed by atoms with Gasteiger partial charge >= 0.3 is 0 Å². The second-order valence-corrected chi connectivity index (χ2v) is 6.22. The highest BCUT2D eigenvalue weighted by Gasteiger charge is 2.22. The zero-order valence-corrected chi connectivity index (χ0v) is 12.0. The van der Waals surface area contributed by atoms with Crippen molar-refractivity contribution in [2.24, 2.45) is 0 Å². The van der Waals surface area contributed by atoms with Crippen molar-refractivity contribution >= 4 is 16.1 Å². The molecular weight excluding hydrogens is 260 g/mol. The van der Waals surface area contributed by atoms with Gasteiger partial charge in [-0.25, -0.2) is 0 Å². The number of nitrogens with zero attached hydrogens (tertiary/aromatic N) is 2. The second-order valence-electron chi connectivity index (χ2n) is 4.45. The van der Waals surface area contributed by atoms with E-state index in [9.17, 15) is 8.42 Å². The Morgan fingerprint density at radius 2 is 1.74 bits per heavy atom. The summed E-state index contributed by atoms with van der Waals surface area (Å²) in [5.74, 6) is 0. The van der Waals surface area contributed by atoms with Gasteiger partial charge in [-0.2, -0.15) is 17.6 Å². The van der Waals surface area contributed by atoms with E-state index in [4.69, 9.17) is 0 Å². The van der Waals surface area contributed by atoms with E-state index in [0.29, 0.717) is 11.4 Å². The summed E-state index contributed by atoms with van der Waals surface area (Å²) in [6.45, 7) is 9.09. The lowest BCUT2D eigenvalue weighted by atomic mass is 10.2. The van der Waals surface area contributed by atoms with Gasteiger partial charge in [0, 0.05) is 5.56 Å². The highest BCUT2D eigenvalue weighted by molar-refractivity contribution is 7.89. The molecule has 2 rings (SSSR count). The van der Waals surface area contributed by atoms with Gasteiger partial charge in [0.1, 0.15) is 0 Å². The van der Waals surface area contributed by atoms with Crippen LogP contribution in [0.5, 0.6) is 0 Å². The molecule has 0 saturated heterocycles. The van der Waals surface area contributed by atoms with E-state index in [1.165, 1.54) is 0 Å². The predicted octanol–water partition coefficient (Wildman–Crippen LogP) is 2.69. The van der Waals surface area contributed by atoms with Gasteiger partial charge in [0.25, 0.3) is 10.0 Å². The third kappa shape index (κ3) is 2.21. The second kappa shape index (κ2) is 4.66. The number of aryl methyl sites for hydroxylation is 2. The van der Waals surface area contributed by atoms with E-state index in [-0.39, 0.29) is 4.90 Å². The van der Waals surface area contributed by atoms with Crippen molar-refractivity contribution in [2.75, 3.05) is 0 Å². The molecule has 0 N–H and O–H groups in total. The van der Waals surface area contributed by atoms with Gasteiger partial charge in [0.2, 0.25) is 0 Å². The Balaban J connectivity index is 2.63. The molecule has 100 valence electrons. The third-order valence-electron chi connectivity index (χ3n) is 3.06. The highest BCUT2D eigenvalue weighted by atomic mass is 32.2. The van der Waals surface area contributed by atoms with Gasteiger partial charge in [-0.1, -0.05) is 30.4 Å². The molecule has 4 nitrogen and oxygen atoms in total. The van der Waals surface area contributed by atoms with E-state index in [1.54, 1.807) is 44.2 Å². The van der Waals surface area contributed by atoms with Crippen LogP contribution in [0, 0.1) is 20.8 Å². The smallest absolute Gasteiger partial charge is 0.199 e. The van der Waals surface area contributed by atoms with Crippen LogP contribution in [0.15, 0.2) is 35.7 Å². The molecule has 5 heteroatoms. The van der Waals surface area contributed by atoms with Crippen LogP contribution >= 0.6 is 0 Å². The molecule has 0 aliphatic heterocycles. The normalized spacial score (nSPS) is 11.5. The fraction of sp³-hybridized carbons (Fsp3) is 0.214. The maximum Gasteiger partial charge on any atom is 0.283 e. The number of hydrogen-bond donors (Lipinski definition) is 0. The van der Waals surface area contributed by atoms with E-state index in [0.717, 1.165) is 15.2 Å². The van der Waals surface area contributed by atoms with E-state index in [2.05, 4.69) is 11.7 Å². The maximum atomic E-state index is 12.5. The Morgan fingerprint density at radius 1 is 1.16 bits per heavy atom. The Hall–Kier alpha value is -1.88. The number of benzene rings is 1. The summed E-state index contributed by atoms with van der Waals surface area (Å²) in [5, 5.41) is 4.11. The summed E-state index contributed by atoms with van der Waals surface area (Å²) in [4.78, 5) is 0.235. The monoisotopic (exact) mass is 276 g/mol. The summed E-state index contributed by atoms with van der Waals surface area (Å²) in [6.07, 6.45) is 1.62. The largest absolute Gasteiger partial charge is 0.283 e. The van der Waals surface area contributed by atoms with Gasteiger partial charge in [-0.05, 0) is 32.9 Å². The number of aromatic nitrogens is 2. The molecule has 0 spiro atoms. The van der Waals surface area contributed by atoms with E-state index in [1.807, 2.05) is 6.92 Å². The average molecular weight is 276 g/mol. The van der Waals surface area contributed by atoms with Gasteiger partial charge in [0.15, 0.2) is 0 Å². The molecule has 0 saturated carbocycles. The van der Waals surface area contributed by atoms with E-state index >= 15 is 0 Å². The van der Waals surface area contributed by atoms with Crippen molar-refractivity contribution in [3.8, 4) is 0 Å². The molecule has 19 heavy (non-hydrogen) atoms. The van der Waals surface area contributed by atoms with Gasteiger partial charge in [-0.3, -0.25) is 0 Å². The summed E-state index contributed by atoms with van der Waals surface area (Å²) in [5.41, 5.74) is 3.01. The minimum atomic E-state index is -3.64. The lowest BCUT2D eigenvalue weighted by Gasteiger charge is -2.07. The molecule has 1 aromatic carbocycles. The Kier molecular flexibility index (Phi) is 3.32. The van der Waals surface area contributed by atoms with Crippen LogP contribution < -0.4 is 0 Å². The Bertz CT molecular complexity index is 726. The molecule has 0 unspecified atom stereocenters. The summed E-state index contributed by atoms with van der Waals surface area (Å²) >= 11 is 0. The summed E-state index contributed by atoms with van der Waals surface area (Å²) in [7, 11) is -3.64. The SMILES string of the molecule is C=Cc1c(C)nn(S(=O)(=O)c2ccc(C)cc2)c1C. The lowest BCUT2D eigenvalue weighted by Crippen LogP contribution is -2.16. The topological polar surface area (TPSA) is 52.0 Å². The first-order chi connectivity index (χ1) is 8.87. The zero-order valence-electron chi connectivity index (χ0n) is 11.2. The molecule has 1 aromatic heterocycles. The van der Waals surface area contributed by atoms with Crippen LogP contribution in [-0.4, -0.2) is 17.6 Å². The fourth-order valence-electron chi connectivity index (χ4n) is 1.97. The predicted molar refractivity (Wildman–Crippen MR) is 75.6 cm³/mol. The first kappa shape index (κ1) is 13.5. The molecule has 0 bridgehead atoms. The lowest BCUT2D eigenvalue weighted by molar-refractivity contribution is 0.577. The van der Waals surface area contributed by atoms with E-state index < -0.39 is 10.0 Å². The molecule has 0 amide bonds. The summed E-state index contributed by atoms with van der Waals surface area (Å²) in [6, 6.07) is 6.73. The van der Waals surface area contributed by atoms with Crippen LogP contribution in [0.3, 0.4) is 0 Å². The molecule has 0 radical (unpaired) electrons. The van der Waals surface area contributed by atoms with Crippen molar-refractivity contribution in [1.29, 1.82) is 0 Å². The molecule has 0 aliphatic rings. The molecule has 2 aromatic rings. The Labute approximate surface area is 113 Å². The van der Waals surface area contributed by atoms with Crippen LogP contribution in [0.1, 0.15) is 22.5 Å². The molecule has 0 aliphatic carbocycles. The number of hydrogen-bond acceptors (Lipinski definition) is 3. The number of rotatable bonds is 3. The van der Waals surface area contributed by atoms with Gasteiger partial charge in [-0.15, -0.1) is 0 Å². The van der Waals surface area contributed by atoms with Crippen molar-refractivity contribution in [3.63, 3.8) is 0 Å². The fourth-order valence-corrected chi connectivity index (χ4v) is 3.34. The van der Waals surface area contributed by atoms with Crippen molar-refractivity contribution < 1.29 is 8.42 Å². The Morgan fingerprint density at radius 3 is 2.21 bits per heavy atom.